The first-order chi connectivity index (χ1) is 8.13. The molecule has 0 spiro atoms. The lowest BCUT2D eigenvalue weighted by Crippen LogP contribution is -2.50. The van der Waals surface area contributed by atoms with E-state index in [-0.39, 0.29) is 24.0 Å². The zero-order chi connectivity index (χ0) is 12.4. The molecule has 1 aliphatic heterocycles. The van der Waals surface area contributed by atoms with Crippen molar-refractivity contribution in [3.8, 4) is 0 Å². The summed E-state index contributed by atoms with van der Waals surface area (Å²) in [6, 6.07) is -0.133. The minimum atomic E-state index is -0.250. The molecule has 17 heavy (non-hydrogen) atoms. The van der Waals surface area contributed by atoms with Gasteiger partial charge in [0.2, 0.25) is 5.91 Å². The van der Waals surface area contributed by atoms with Crippen LogP contribution in [0.4, 0.5) is 0 Å². The average molecular weight is 240 g/mol. The first-order valence-corrected chi connectivity index (χ1v) is 6.27. The zero-order valence-corrected chi connectivity index (χ0v) is 10.4. The van der Waals surface area contributed by atoms with Gasteiger partial charge in [0, 0.05) is 6.04 Å². The van der Waals surface area contributed by atoms with Crippen molar-refractivity contribution in [2.75, 3.05) is 13.7 Å². The number of carbonyl (C=O) groups is 2. The summed E-state index contributed by atoms with van der Waals surface area (Å²) in [5.41, 5.74) is 0. The molecule has 2 aliphatic rings. The van der Waals surface area contributed by atoms with E-state index in [1.54, 1.807) is 0 Å². The molecule has 1 saturated heterocycles. The molecule has 0 aromatic rings. The summed E-state index contributed by atoms with van der Waals surface area (Å²) >= 11 is 0. The number of ether oxygens (including phenoxy) is 1. The Morgan fingerprint density at radius 2 is 2.06 bits per heavy atom. The third-order valence-electron chi connectivity index (χ3n) is 3.57. The van der Waals surface area contributed by atoms with Crippen molar-refractivity contribution in [1.29, 1.82) is 0 Å². The number of nitrogens with zero attached hydrogens (tertiary/aromatic N) is 1. The highest BCUT2D eigenvalue weighted by Gasteiger charge is 2.38. The summed E-state index contributed by atoms with van der Waals surface area (Å²) in [7, 11) is 1.40. The normalized spacial score (nSPS) is 26.6. The quantitative estimate of drug-likeness (QED) is 0.718. The van der Waals surface area contributed by atoms with Crippen molar-refractivity contribution in [1.82, 2.24) is 10.2 Å². The maximum absolute atomic E-state index is 11.9. The van der Waals surface area contributed by atoms with Crippen LogP contribution in [0.5, 0.6) is 0 Å². The van der Waals surface area contributed by atoms with Gasteiger partial charge in [-0.3, -0.25) is 14.5 Å². The number of likely N-dealkylation sites (tertiary alicyclic amines) is 1. The lowest BCUT2D eigenvalue weighted by Gasteiger charge is -2.28. The lowest BCUT2D eigenvalue weighted by atomic mass is 10.2. The summed E-state index contributed by atoms with van der Waals surface area (Å²) in [6.07, 6.45) is 3.90. The molecule has 0 aromatic heterocycles. The van der Waals surface area contributed by atoms with Crippen LogP contribution in [0.15, 0.2) is 0 Å². The second-order valence-corrected chi connectivity index (χ2v) is 4.88. The fraction of sp³-hybridized carbons (Fsp3) is 0.833. The Bertz CT molecular complexity index is 315. The largest absolute Gasteiger partial charge is 0.468 e. The first-order valence-electron chi connectivity index (χ1n) is 6.27. The fourth-order valence-corrected chi connectivity index (χ4v) is 2.34. The Kier molecular flexibility index (Phi) is 3.66. The molecule has 1 amide bonds. The highest BCUT2D eigenvalue weighted by atomic mass is 16.5. The molecule has 1 aliphatic carbocycles. The maximum Gasteiger partial charge on any atom is 0.323 e. The number of hydrogen-bond donors (Lipinski definition) is 1. The number of hydrogen-bond acceptors (Lipinski definition) is 4. The third kappa shape index (κ3) is 2.77. The molecular weight excluding hydrogens is 220 g/mol. The molecule has 0 bridgehead atoms. The van der Waals surface area contributed by atoms with E-state index in [9.17, 15) is 9.59 Å². The summed E-state index contributed by atoms with van der Waals surface area (Å²) in [5, 5.41) is 2.98. The molecule has 1 N–H and O–H groups in total. The van der Waals surface area contributed by atoms with Gasteiger partial charge in [0.1, 0.15) is 6.04 Å². The average Bonchev–Trinajstić information content (AvgIpc) is 3.00. The van der Waals surface area contributed by atoms with Crippen molar-refractivity contribution >= 4 is 11.9 Å². The van der Waals surface area contributed by atoms with Crippen molar-refractivity contribution in [2.24, 2.45) is 0 Å². The van der Waals surface area contributed by atoms with Crippen LogP contribution in [-0.2, 0) is 14.3 Å². The van der Waals surface area contributed by atoms with E-state index in [0.717, 1.165) is 32.2 Å². The predicted octanol–water partition coefficient (Wildman–Crippen LogP) is 0.291. The van der Waals surface area contributed by atoms with E-state index in [1.807, 2.05) is 11.8 Å². The second-order valence-electron chi connectivity index (χ2n) is 4.88. The van der Waals surface area contributed by atoms with Gasteiger partial charge in [-0.1, -0.05) is 0 Å². The summed E-state index contributed by atoms with van der Waals surface area (Å²) in [5.74, 6) is -0.197. The van der Waals surface area contributed by atoms with Crippen molar-refractivity contribution < 1.29 is 14.3 Å². The summed E-state index contributed by atoms with van der Waals surface area (Å²) in [4.78, 5) is 25.5. The van der Waals surface area contributed by atoms with Gasteiger partial charge in [-0.25, -0.2) is 0 Å². The van der Waals surface area contributed by atoms with Crippen molar-refractivity contribution in [2.45, 2.75) is 50.7 Å². The molecule has 96 valence electrons. The van der Waals surface area contributed by atoms with Gasteiger partial charge in [-0.15, -0.1) is 0 Å². The Labute approximate surface area is 101 Å². The number of rotatable bonds is 4. The number of amides is 1. The maximum atomic E-state index is 11.9. The van der Waals surface area contributed by atoms with Crippen LogP contribution in [0.2, 0.25) is 0 Å². The molecule has 5 nitrogen and oxygen atoms in total. The number of esters is 1. The van der Waals surface area contributed by atoms with E-state index in [4.69, 9.17) is 4.74 Å². The van der Waals surface area contributed by atoms with Gasteiger partial charge in [-0.2, -0.15) is 0 Å². The monoisotopic (exact) mass is 240 g/mol. The molecule has 5 heteroatoms. The van der Waals surface area contributed by atoms with Gasteiger partial charge < -0.3 is 10.1 Å². The SMILES string of the molecule is COC(=O)C1CCCN1C(C)C(=O)NC1CC1. The summed E-state index contributed by atoms with van der Waals surface area (Å²) < 4.78 is 4.78. The second kappa shape index (κ2) is 5.04. The van der Waals surface area contributed by atoms with Crippen LogP contribution in [0.3, 0.4) is 0 Å². The first kappa shape index (κ1) is 12.4. The topological polar surface area (TPSA) is 58.6 Å². The van der Waals surface area contributed by atoms with Crippen molar-refractivity contribution in [3.63, 3.8) is 0 Å². The number of carbonyl (C=O) groups excluding carboxylic acids is 2. The van der Waals surface area contributed by atoms with Crippen LogP contribution < -0.4 is 5.32 Å². The van der Waals surface area contributed by atoms with Gasteiger partial charge >= 0.3 is 5.97 Å². The highest BCUT2D eigenvalue weighted by molar-refractivity contribution is 5.83. The molecule has 1 heterocycles. The predicted molar refractivity (Wildman–Crippen MR) is 62.4 cm³/mol. The van der Waals surface area contributed by atoms with Gasteiger partial charge in [0.05, 0.1) is 13.2 Å². The lowest BCUT2D eigenvalue weighted by molar-refractivity contribution is -0.147. The molecule has 1 saturated carbocycles. The Morgan fingerprint density at radius 3 is 2.65 bits per heavy atom. The molecule has 0 aromatic carbocycles. The smallest absolute Gasteiger partial charge is 0.323 e. The van der Waals surface area contributed by atoms with Crippen LogP contribution in [0.25, 0.3) is 0 Å². The zero-order valence-electron chi connectivity index (χ0n) is 10.4. The Balaban J connectivity index is 1.94. The molecule has 0 radical (unpaired) electrons. The van der Waals surface area contributed by atoms with Crippen LogP contribution in [-0.4, -0.2) is 48.6 Å². The van der Waals surface area contributed by atoms with Crippen LogP contribution >= 0.6 is 0 Å². The van der Waals surface area contributed by atoms with Crippen LogP contribution in [0, 0.1) is 0 Å². The molecule has 2 atom stereocenters. The van der Waals surface area contributed by atoms with Crippen molar-refractivity contribution in [3.05, 3.63) is 0 Å². The number of methoxy groups -OCH3 is 1. The minimum Gasteiger partial charge on any atom is -0.468 e. The number of nitrogens with one attached hydrogen (secondary N) is 1. The Morgan fingerprint density at radius 1 is 1.35 bits per heavy atom. The van der Waals surface area contributed by atoms with E-state index in [0.29, 0.717) is 6.04 Å². The van der Waals surface area contributed by atoms with E-state index in [1.165, 1.54) is 7.11 Å². The molecular formula is C12H20N2O3. The van der Waals surface area contributed by atoms with E-state index in [2.05, 4.69) is 5.32 Å². The van der Waals surface area contributed by atoms with Gasteiger partial charge in [0.15, 0.2) is 0 Å². The molecule has 2 rings (SSSR count). The standard InChI is InChI=1S/C12H20N2O3/c1-8(11(15)13-9-5-6-9)14-7-3-4-10(14)12(16)17-2/h8-10H,3-7H2,1-2H3,(H,13,15). The Hall–Kier alpha value is -1.10. The third-order valence-corrected chi connectivity index (χ3v) is 3.57. The summed E-state index contributed by atoms with van der Waals surface area (Å²) in [6.45, 7) is 2.65. The minimum absolute atomic E-state index is 0.0308. The fourth-order valence-electron chi connectivity index (χ4n) is 2.34. The van der Waals surface area contributed by atoms with Gasteiger partial charge in [-0.05, 0) is 39.2 Å². The molecule has 2 unspecified atom stereocenters. The molecule has 2 fully saturated rings. The van der Waals surface area contributed by atoms with Gasteiger partial charge in [0.25, 0.3) is 0 Å². The van der Waals surface area contributed by atoms with Crippen LogP contribution in [0.1, 0.15) is 32.6 Å². The highest BCUT2D eigenvalue weighted by Crippen LogP contribution is 2.23. The van der Waals surface area contributed by atoms with E-state index < -0.39 is 0 Å². The van der Waals surface area contributed by atoms with E-state index >= 15 is 0 Å².